The van der Waals surface area contributed by atoms with Crippen LogP contribution in [0, 0.1) is 5.92 Å². The molecule has 0 bridgehead atoms. The Morgan fingerprint density at radius 3 is 3.09 bits per heavy atom. The molecule has 3 aliphatic rings. The van der Waals surface area contributed by atoms with Crippen molar-refractivity contribution in [2.45, 2.75) is 37.8 Å². The molecule has 1 aromatic rings. The Bertz CT molecular complexity index is 645. The number of methoxy groups -OCH3 is 1. The van der Waals surface area contributed by atoms with Crippen molar-refractivity contribution in [2.24, 2.45) is 11.7 Å². The fraction of sp³-hybridized carbons (Fsp3) is 0.611. The Hall–Kier alpha value is -1.59. The summed E-state index contributed by atoms with van der Waals surface area (Å²) in [5.74, 6) is 1.49. The van der Waals surface area contributed by atoms with Crippen LogP contribution in [0.2, 0.25) is 0 Å². The van der Waals surface area contributed by atoms with Crippen molar-refractivity contribution in [3.63, 3.8) is 0 Å². The monoisotopic (exact) mass is 315 g/mol. The van der Waals surface area contributed by atoms with Gasteiger partial charge in [0.2, 0.25) is 0 Å². The quantitative estimate of drug-likeness (QED) is 0.863. The summed E-state index contributed by atoms with van der Waals surface area (Å²) < 4.78 is 5.46. The number of benzene rings is 1. The second kappa shape index (κ2) is 5.49. The van der Waals surface area contributed by atoms with Crippen molar-refractivity contribution in [2.75, 3.05) is 26.7 Å². The number of carbonyl (C=O) groups excluding carboxylic acids is 1. The molecule has 0 radical (unpaired) electrons. The number of ether oxygens (including phenoxy) is 1. The van der Waals surface area contributed by atoms with E-state index in [1.54, 1.807) is 7.11 Å². The van der Waals surface area contributed by atoms with Gasteiger partial charge in [-0.2, -0.15) is 0 Å². The zero-order chi connectivity index (χ0) is 16.0. The van der Waals surface area contributed by atoms with Gasteiger partial charge in [-0.15, -0.1) is 0 Å². The fourth-order valence-corrected chi connectivity index (χ4v) is 4.63. The lowest BCUT2D eigenvalue weighted by Crippen LogP contribution is -2.45. The van der Waals surface area contributed by atoms with Crippen LogP contribution in [0.25, 0.3) is 0 Å². The topological polar surface area (TPSA) is 67.6 Å². The molecule has 1 aromatic carbocycles. The molecule has 1 saturated carbocycles. The predicted molar refractivity (Wildman–Crippen MR) is 88.6 cm³/mol. The molecular weight excluding hydrogens is 290 g/mol. The number of likely N-dealkylation sites (tertiary alicyclic amines) is 1. The first-order valence-electron chi connectivity index (χ1n) is 8.60. The maximum atomic E-state index is 13.1. The lowest BCUT2D eigenvalue weighted by Gasteiger charge is -2.26. The first kappa shape index (κ1) is 15.0. The number of amides is 1. The third kappa shape index (κ3) is 2.34. The van der Waals surface area contributed by atoms with Gasteiger partial charge in [0, 0.05) is 36.3 Å². The highest BCUT2D eigenvalue weighted by atomic mass is 16.5. The number of nitrogens with two attached hydrogens (primary N) is 1. The fourth-order valence-electron chi connectivity index (χ4n) is 4.63. The van der Waals surface area contributed by atoms with Crippen molar-refractivity contribution in [3.8, 4) is 5.75 Å². The molecule has 5 nitrogen and oxygen atoms in total. The maximum Gasteiger partial charge on any atom is 0.254 e. The molecular formula is C18H25N3O2. The summed E-state index contributed by atoms with van der Waals surface area (Å²) in [5, 5.41) is 3.36. The van der Waals surface area contributed by atoms with E-state index in [1.165, 1.54) is 6.42 Å². The third-order valence-corrected chi connectivity index (χ3v) is 5.91. The molecule has 2 atom stereocenters. The average Bonchev–Trinajstić information content (AvgIpc) is 3.08. The normalized spacial score (nSPS) is 29.3. The average molecular weight is 315 g/mol. The largest absolute Gasteiger partial charge is 0.496 e. The molecule has 0 aromatic heterocycles. The summed E-state index contributed by atoms with van der Waals surface area (Å²) >= 11 is 0. The lowest BCUT2D eigenvalue weighted by atomic mass is 9.92. The van der Waals surface area contributed by atoms with Crippen molar-refractivity contribution >= 4 is 5.91 Å². The number of rotatable bonds is 2. The lowest BCUT2D eigenvalue weighted by molar-refractivity contribution is 0.0776. The highest BCUT2D eigenvalue weighted by Gasteiger charge is 2.48. The molecule has 23 heavy (non-hydrogen) atoms. The minimum atomic E-state index is -0.149. The third-order valence-electron chi connectivity index (χ3n) is 5.91. The number of nitrogens with one attached hydrogen (secondary N) is 1. The van der Waals surface area contributed by atoms with E-state index in [9.17, 15) is 4.79 Å². The van der Waals surface area contributed by atoms with E-state index in [2.05, 4.69) is 5.32 Å². The van der Waals surface area contributed by atoms with Gasteiger partial charge in [-0.3, -0.25) is 4.79 Å². The second-order valence-electron chi connectivity index (χ2n) is 7.21. The molecule has 124 valence electrons. The van der Waals surface area contributed by atoms with Gasteiger partial charge < -0.3 is 20.7 Å². The highest BCUT2D eigenvalue weighted by molar-refractivity contribution is 5.96. The molecule has 3 N–H and O–H groups in total. The van der Waals surface area contributed by atoms with E-state index < -0.39 is 0 Å². The van der Waals surface area contributed by atoms with Crippen molar-refractivity contribution in [3.05, 3.63) is 28.8 Å². The first-order chi connectivity index (χ1) is 11.1. The van der Waals surface area contributed by atoms with Crippen LogP contribution in [-0.4, -0.2) is 43.1 Å². The molecule has 2 fully saturated rings. The van der Waals surface area contributed by atoms with E-state index in [4.69, 9.17) is 10.5 Å². The van der Waals surface area contributed by atoms with E-state index in [-0.39, 0.29) is 11.4 Å². The summed E-state index contributed by atoms with van der Waals surface area (Å²) in [5.41, 5.74) is 9.50. The minimum Gasteiger partial charge on any atom is -0.496 e. The van der Waals surface area contributed by atoms with Crippen LogP contribution < -0.4 is 15.8 Å². The molecule has 1 aliphatic carbocycles. The molecule has 2 unspecified atom stereocenters. The second-order valence-corrected chi connectivity index (χ2v) is 7.21. The van der Waals surface area contributed by atoms with Crippen LogP contribution >= 0.6 is 0 Å². The molecule has 2 heterocycles. The Labute approximate surface area is 137 Å². The number of fused-ring (bicyclic) bond motifs is 2. The molecule has 5 heteroatoms. The van der Waals surface area contributed by atoms with Crippen molar-refractivity contribution < 1.29 is 9.53 Å². The highest BCUT2D eigenvalue weighted by Crippen LogP contribution is 2.40. The summed E-state index contributed by atoms with van der Waals surface area (Å²) in [6.45, 7) is 3.19. The van der Waals surface area contributed by atoms with Crippen LogP contribution in [0.5, 0.6) is 5.75 Å². The molecule has 0 spiro atoms. The maximum absolute atomic E-state index is 13.1. The van der Waals surface area contributed by atoms with Gasteiger partial charge in [0.05, 0.1) is 7.11 Å². The van der Waals surface area contributed by atoms with Crippen molar-refractivity contribution in [1.82, 2.24) is 10.2 Å². The van der Waals surface area contributed by atoms with Crippen molar-refractivity contribution in [1.29, 1.82) is 0 Å². The number of hydrogen-bond acceptors (Lipinski definition) is 4. The Kier molecular flexibility index (Phi) is 3.58. The van der Waals surface area contributed by atoms with E-state index in [0.717, 1.165) is 61.3 Å². The summed E-state index contributed by atoms with van der Waals surface area (Å²) in [7, 11) is 1.69. The van der Waals surface area contributed by atoms with Gasteiger partial charge in [0.15, 0.2) is 0 Å². The number of hydrogen-bond donors (Lipinski definition) is 2. The Morgan fingerprint density at radius 2 is 2.30 bits per heavy atom. The first-order valence-corrected chi connectivity index (χ1v) is 8.60. The zero-order valence-corrected chi connectivity index (χ0v) is 13.7. The van der Waals surface area contributed by atoms with Gasteiger partial charge in [0.1, 0.15) is 5.75 Å². The molecule has 2 aliphatic heterocycles. The van der Waals surface area contributed by atoms with E-state index in [0.29, 0.717) is 12.5 Å². The van der Waals surface area contributed by atoms with Gasteiger partial charge >= 0.3 is 0 Å². The van der Waals surface area contributed by atoms with E-state index >= 15 is 0 Å². The number of carbonyl (C=O) groups is 1. The van der Waals surface area contributed by atoms with Crippen LogP contribution in [0.1, 0.15) is 40.7 Å². The van der Waals surface area contributed by atoms with Crippen LogP contribution in [0.4, 0.5) is 0 Å². The molecule has 1 amide bonds. The summed E-state index contributed by atoms with van der Waals surface area (Å²) in [6, 6.07) is 3.86. The van der Waals surface area contributed by atoms with Crippen LogP contribution in [0.3, 0.4) is 0 Å². The summed E-state index contributed by atoms with van der Waals surface area (Å²) in [6.07, 6.45) is 4.28. The van der Waals surface area contributed by atoms with Gasteiger partial charge in [-0.25, -0.2) is 0 Å². The summed E-state index contributed by atoms with van der Waals surface area (Å²) in [4.78, 5) is 15.1. The smallest absolute Gasteiger partial charge is 0.254 e. The van der Waals surface area contributed by atoms with Gasteiger partial charge in [-0.05, 0) is 49.4 Å². The minimum absolute atomic E-state index is 0.144. The zero-order valence-electron chi connectivity index (χ0n) is 13.7. The van der Waals surface area contributed by atoms with E-state index in [1.807, 2.05) is 17.0 Å². The Balaban J connectivity index is 1.65. The van der Waals surface area contributed by atoms with Gasteiger partial charge in [-0.1, -0.05) is 6.42 Å². The number of nitrogens with zero attached hydrogens (tertiary/aromatic N) is 1. The Morgan fingerprint density at radius 1 is 1.43 bits per heavy atom. The molecule has 1 saturated heterocycles. The molecule has 4 rings (SSSR count). The predicted octanol–water partition coefficient (Wildman–Crippen LogP) is 1.29. The van der Waals surface area contributed by atoms with Crippen LogP contribution in [-0.2, 0) is 13.0 Å². The SMILES string of the molecule is COc1ccc(C(=O)N2CC3CCCC3(N)C2)c2c1CNCC2. The van der Waals surface area contributed by atoms with Gasteiger partial charge in [0.25, 0.3) is 5.91 Å². The standard InChI is InChI=1S/C18H25N3O2/c1-23-16-5-4-14(13-6-8-20-9-15(13)16)17(22)21-10-12-3-2-7-18(12,19)11-21/h4-5,12,20H,2-3,6-11,19H2,1H3. The van der Waals surface area contributed by atoms with Crippen LogP contribution in [0.15, 0.2) is 12.1 Å².